The van der Waals surface area contributed by atoms with E-state index in [9.17, 15) is 28.1 Å². The number of aromatic nitrogens is 1. The number of carboxylic acids is 1. The molecule has 40 heavy (non-hydrogen) atoms. The number of hydrogen-bond acceptors (Lipinski definition) is 4. The molecule has 2 heterocycles. The second-order valence-electron chi connectivity index (χ2n) is 10.7. The van der Waals surface area contributed by atoms with Crippen LogP contribution in [0, 0.1) is 0 Å². The second-order valence-corrected chi connectivity index (χ2v) is 15.9. The van der Waals surface area contributed by atoms with Crippen LogP contribution in [0.4, 0.5) is 19.1 Å². The van der Waals surface area contributed by atoms with Crippen molar-refractivity contribution in [3.8, 4) is 0 Å². The van der Waals surface area contributed by atoms with Gasteiger partial charge in [0.2, 0.25) is 0 Å². The van der Waals surface area contributed by atoms with Gasteiger partial charge in [0.15, 0.2) is 0 Å². The number of carboxylic acid groups (broad SMARTS) is 1. The fraction of sp³-hybridized carbons (Fsp3) is 0.357. The van der Waals surface area contributed by atoms with E-state index in [2.05, 4.69) is 23.6 Å². The molecule has 1 aliphatic heterocycles. The first-order valence-corrected chi connectivity index (χ1v) is 16.2. The number of hydrogen-bond donors (Lipinski definition) is 3. The van der Waals surface area contributed by atoms with Crippen LogP contribution in [-0.4, -0.2) is 72.3 Å². The monoisotopic (exact) mass is 655 g/mol. The predicted molar refractivity (Wildman–Crippen MR) is 154 cm³/mol. The van der Waals surface area contributed by atoms with Crippen molar-refractivity contribution in [3.63, 3.8) is 0 Å². The number of carbonyl (C=O) groups excluding carboxylic acids is 2. The molecule has 0 bridgehead atoms. The van der Waals surface area contributed by atoms with E-state index < -0.39 is 53.5 Å². The van der Waals surface area contributed by atoms with Crippen LogP contribution in [0.25, 0.3) is 6.08 Å². The third-order valence-electron chi connectivity index (χ3n) is 6.09. The van der Waals surface area contributed by atoms with Crippen molar-refractivity contribution in [2.45, 2.75) is 65.5 Å². The first kappa shape index (κ1) is 31.4. The van der Waals surface area contributed by atoms with Crippen molar-refractivity contribution < 1.29 is 32.9 Å². The number of halogens is 2. The van der Waals surface area contributed by atoms with E-state index in [1.54, 1.807) is 57.2 Å². The number of ether oxygens (including phenoxy) is 1. The van der Waals surface area contributed by atoms with Crippen LogP contribution in [0.2, 0.25) is 0 Å². The molecule has 0 unspecified atom stereocenters. The first-order chi connectivity index (χ1) is 18.7. The van der Waals surface area contributed by atoms with E-state index in [1.165, 1.54) is 6.58 Å². The average Bonchev–Trinajstić information content (AvgIpc) is 3.38. The van der Waals surface area contributed by atoms with Crippen molar-refractivity contribution in [1.29, 1.82) is 0 Å². The van der Waals surface area contributed by atoms with Gasteiger partial charge in [-0.1, -0.05) is 0 Å². The maximum absolute atomic E-state index is 13.9. The quantitative estimate of drug-likeness (QED) is 0.326. The summed E-state index contributed by atoms with van der Waals surface area (Å²) in [5, 5.41) is 14.6. The molecular formula is C28H33BF2InN3O5. The van der Waals surface area contributed by atoms with Gasteiger partial charge in [-0.25, -0.2) is 9.59 Å². The summed E-state index contributed by atoms with van der Waals surface area (Å²) in [6.07, 6.45) is 3.34. The van der Waals surface area contributed by atoms with E-state index in [0.29, 0.717) is 22.6 Å². The Morgan fingerprint density at radius 1 is 1.12 bits per heavy atom. The topological polar surface area (TPSA) is 110 Å². The summed E-state index contributed by atoms with van der Waals surface area (Å²) in [5.74, 6) is -1.54. The van der Waals surface area contributed by atoms with Crippen LogP contribution in [-0.2, 0) is 27.2 Å². The van der Waals surface area contributed by atoms with Gasteiger partial charge in [-0.2, -0.15) is 0 Å². The summed E-state index contributed by atoms with van der Waals surface area (Å²) < 4.78 is 36.5. The second kappa shape index (κ2) is 13.5. The van der Waals surface area contributed by atoms with Gasteiger partial charge in [0, 0.05) is 6.42 Å². The van der Waals surface area contributed by atoms with Gasteiger partial charge in [-0.15, -0.1) is 0 Å². The minimum absolute atomic E-state index is 0.0131. The van der Waals surface area contributed by atoms with E-state index >= 15 is 0 Å². The number of aryl methyl sites for hydroxylation is 1. The summed E-state index contributed by atoms with van der Waals surface area (Å²) in [4.78, 5) is 36.1. The van der Waals surface area contributed by atoms with Crippen molar-refractivity contribution in [2.75, 3.05) is 5.32 Å². The van der Waals surface area contributed by atoms with Crippen molar-refractivity contribution in [3.05, 3.63) is 68.3 Å². The molecule has 1 aliphatic rings. The number of nitrogens with one attached hydrogen (secondary N) is 2. The number of amides is 2. The number of nitrogens with zero attached hydrogens (tertiary/aromatic N) is 1. The SMILES string of the molecule is CC1=C[C](C)=[In]/[C]1=C\c1ccc(CCC(=O)Nc2ccc(C[C@H](NC(=O)OC(C)(C)C)C(=O)O)cc2)n1B(F)F. The Hall–Kier alpha value is -3.14. The van der Waals surface area contributed by atoms with Crippen LogP contribution < -0.4 is 10.6 Å². The molecule has 2 aromatic rings. The number of carbonyl (C=O) groups is 3. The fourth-order valence-corrected chi connectivity index (χ4v) is 8.25. The van der Waals surface area contributed by atoms with E-state index in [1.807, 2.05) is 13.0 Å². The molecular weight excluding hydrogens is 622 g/mol. The van der Waals surface area contributed by atoms with Gasteiger partial charge in [0.25, 0.3) is 0 Å². The van der Waals surface area contributed by atoms with E-state index in [0.717, 1.165) is 10.1 Å². The molecule has 1 atom stereocenters. The Kier molecular flexibility index (Phi) is 10.6. The number of allylic oxidation sites excluding steroid dienone is 3. The zero-order valence-corrected chi connectivity index (χ0v) is 26.6. The van der Waals surface area contributed by atoms with Crippen LogP contribution in [0.15, 0.2) is 51.4 Å². The summed E-state index contributed by atoms with van der Waals surface area (Å²) in [6.45, 7) is 9.13. The summed E-state index contributed by atoms with van der Waals surface area (Å²) >= 11 is -1.11. The van der Waals surface area contributed by atoms with Crippen molar-refractivity contribution in [2.24, 2.45) is 0 Å². The van der Waals surface area contributed by atoms with Crippen LogP contribution in [0.5, 0.6) is 0 Å². The molecule has 0 radical (unpaired) electrons. The molecule has 0 saturated carbocycles. The van der Waals surface area contributed by atoms with Gasteiger partial charge < -0.3 is 15.2 Å². The minimum atomic E-state index is -2.71. The van der Waals surface area contributed by atoms with Crippen LogP contribution in [0.1, 0.15) is 58.0 Å². The molecule has 0 saturated heterocycles. The Bertz CT molecular complexity index is 1360. The molecule has 12 heteroatoms. The van der Waals surface area contributed by atoms with Gasteiger partial charge in [0.1, 0.15) is 11.6 Å². The Balaban J connectivity index is 1.58. The number of aliphatic carboxylic acids is 1. The molecule has 0 spiro atoms. The van der Waals surface area contributed by atoms with E-state index in [4.69, 9.17) is 4.74 Å². The molecule has 3 N–H and O–H groups in total. The standard InChI is InChI=1S/C28H33BF2N3O5.In/c1-6-7-19(2)8-13-22-14-15-23(34(22)29(30)31)16-17-25(35)32-21-11-9-20(10-12-21)18-24(26(36)37)33-27(38)39-28(3,4)5;/h7,9-15,24H,16-18H2,1-5H3,(H,32,35)(H,33,38)(H,36,37);/t24-;/m0./s1. The van der Waals surface area contributed by atoms with Gasteiger partial charge in [-0.3, -0.25) is 0 Å². The van der Waals surface area contributed by atoms with Gasteiger partial charge in [-0.05, 0) is 26.3 Å². The fourth-order valence-electron chi connectivity index (χ4n) is 4.28. The van der Waals surface area contributed by atoms with Gasteiger partial charge >= 0.3 is 175 Å². The molecule has 8 nitrogen and oxygen atoms in total. The molecule has 1 aromatic heterocycles. The van der Waals surface area contributed by atoms with Gasteiger partial charge in [0.05, 0.1) is 0 Å². The first-order valence-electron chi connectivity index (χ1n) is 12.9. The molecule has 1 aromatic carbocycles. The normalized spacial score (nSPS) is 14.6. The average molecular weight is 655 g/mol. The molecule has 2 amide bonds. The van der Waals surface area contributed by atoms with Crippen LogP contribution >= 0.6 is 0 Å². The predicted octanol–water partition coefficient (Wildman–Crippen LogP) is 4.55. The van der Waals surface area contributed by atoms with E-state index in [-0.39, 0.29) is 25.2 Å². The molecule has 3 rings (SSSR count). The Morgan fingerprint density at radius 2 is 1.80 bits per heavy atom. The number of alkyl carbamates (subject to hydrolysis) is 1. The number of rotatable bonds is 10. The number of anilines is 1. The summed E-state index contributed by atoms with van der Waals surface area (Å²) in [5.41, 5.74) is 2.33. The molecule has 0 aliphatic carbocycles. The Labute approximate surface area is 243 Å². The third kappa shape index (κ3) is 9.21. The van der Waals surface area contributed by atoms with Crippen molar-refractivity contribution in [1.82, 2.24) is 9.79 Å². The zero-order chi connectivity index (χ0) is 29.6. The summed E-state index contributed by atoms with van der Waals surface area (Å²) in [7, 11) is -2.71. The Morgan fingerprint density at radius 3 is 2.35 bits per heavy atom. The molecule has 210 valence electrons. The maximum atomic E-state index is 13.9. The third-order valence-corrected chi connectivity index (χ3v) is 10.5. The summed E-state index contributed by atoms with van der Waals surface area (Å²) in [6, 6.07) is 8.65. The van der Waals surface area contributed by atoms with Crippen molar-refractivity contribution >= 4 is 62.8 Å². The molecule has 0 fully saturated rings. The zero-order valence-electron chi connectivity index (χ0n) is 23.3. The number of benzene rings is 1. The van der Waals surface area contributed by atoms with Crippen LogP contribution in [0.3, 0.4) is 0 Å².